The van der Waals surface area contributed by atoms with Crippen molar-refractivity contribution < 1.29 is 4.79 Å². The molecule has 1 atom stereocenters. The molecule has 0 aliphatic heterocycles. The molecule has 1 aromatic rings. The van der Waals surface area contributed by atoms with Gasteiger partial charge in [0.1, 0.15) is 6.54 Å². The molecule has 5 heteroatoms. The highest BCUT2D eigenvalue weighted by Crippen LogP contribution is 1.97. The molecule has 0 fully saturated rings. The van der Waals surface area contributed by atoms with E-state index in [1.807, 2.05) is 24.7 Å². The van der Waals surface area contributed by atoms with Crippen molar-refractivity contribution in [2.45, 2.75) is 39.3 Å². The highest BCUT2D eigenvalue weighted by Gasteiger charge is 2.06. The minimum atomic E-state index is 0.0388. The number of hydrogen-bond donors (Lipinski definition) is 2. The van der Waals surface area contributed by atoms with Crippen molar-refractivity contribution in [3.8, 4) is 0 Å². The van der Waals surface area contributed by atoms with E-state index in [0.717, 1.165) is 25.1 Å². The fraction of sp³-hybridized carbons (Fsp3) is 0.667. The molecular weight excluding hydrogens is 216 g/mol. The Bertz CT molecular complexity index is 348. The zero-order valence-electron chi connectivity index (χ0n) is 10.9. The first-order valence-electron chi connectivity index (χ1n) is 6.10. The van der Waals surface area contributed by atoms with Crippen molar-refractivity contribution in [1.29, 1.82) is 0 Å². The van der Waals surface area contributed by atoms with E-state index in [1.165, 1.54) is 0 Å². The number of nitrogens with zero attached hydrogens (tertiary/aromatic N) is 2. The van der Waals surface area contributed by atoms with Gasteiger partial charge in [-0.05, 0) is 20.4 Å². The molecule has 1 aromatic heterocycles. The van der Waals surface area contributed by atoms with Crippen molar-refractivity contribution in [3.05, 3.63) is 18.2 Å². The number of hydrogen-bond acceptors (Lipinski definition) is 3. The van der Waals surface area contributed by atoms with Crippen molar-refractivity contribution in [2.75, 3.05) is 13.6 Å². The number of amides is 1. The monoisotopic (exact) mass is 238 g/mol. The minimum Gasteiger partial charge on any atom is -0.352 e. The van der Waals surface area contributed by atoms with Crippen LogP contribution in [0.2, 0.25) is 0 Å². The summed E-state index contributed by atoms with van der Waals surface area (Å²) in [7, 11) is 1.91. The lowest BCUT2D eigenvalue weighted by Gasteiger charge is -2.11. The molecule has 0 aromatic carbocycles. The van der Waals surface area contributed by atoms with E-state index in [1.54, 1.807) is 6.33 Å². The highest BCUT2D eigenvalue weighted by molar-refractivity contribution is 5.75. The first-order chi connectivity index (χ1) is 8.15. The number of carbonyl (C=O) groups is 1. The fourth-order valence-corrected chi connectivity index (χ4v) is 1.46. The van der Waals surface area contributed by atoms with Crippen LogP contribution >= 0.6 is 0 Å². The molecule has 0 aliphatic carbocycles. The van der Waals surface area contributed by atoms with E-state index in [2.05, 4.69) is 22.5 Å². The number of carbonyl (C=O) groups excluding carboxylic acids is 1. The Morgan fingerprint density at radius 1 is 1.59 bits per heavy atom. The van der Waals surface area contributed by atoms with E-state index in [0.29, 0.717) is 6.54 Å². The summed E-state index contributed by atoms with van der Waals surface area (Å²) >= 11 is 0. The molecule has 0 saturated carbocycles. The van der Waals surface area contributed by atoms with Gasteiger partial charge in [0.2, 0.25) is 5.91 Å². The topological polar surface area (TPSA) is 59.0 Å². The van der Waals surface area contributed by atoms with Gasteiger partial charge in [0, 0.05) is 25.2 Å². The molecular formula is C12H22N4O. The van der Waals surface area contributed by atoms with E-state index in [4.69, 9.17) is 0 Å². The lowest BCUT2D eigenvalue weighted by molar-refractivity contribution is -0.122. The summed E-state index contributed by atoms with van der Waals surface area (Å²) in [6, 6.07) is 0.231. The van der Waals surface area contributed by atoms with Gasteiger partial charge < -0.3 is 15.2 Å². The summed E-state index contributed by atoms with van der Waals surface area (Å²) < 4.78 is 1.82. The van der Waals surface area contributed by atoms with Gasteiger partial charge in [0.25, 0.3) is 0 Å². The molecule has 1 rings (SSSR count). The largest absolute Gasteiger partial charge is 0.352 e. The molecule has 0 bridgehead atoms. The molecule has 1 amide bonds. The molecule has 0 spiro atoms. The second-order valence-electron chi connectivity index (χ2n) is 4.27. The average Bonchev–Trinajstić information content (AvgIpc) is 2.73. The number of likely N-dealkylation sites (N-methyl/N-ethyl adjacent to an activating group) is 1. The first kappa shape index (κ1) is 13.7. The van der Waals surface area contributed by atoms with Crippen molar-refractivity contribution in [1.82, 2.24) is 20.2 Å². The first-order valence-corrected chi connectivity index (χ1v) is 6.10. The quantitative estimate of drug-likeness (QED) is 0.729. The zero-order valence-corrected chi connectivity index (χ0v) is 10.9. The molecule has 1 unspecified atom stereocenters. The standard InChI is InChI=1S/C12H22N4O/c1-4-10(2)15-12(17)8-16-7-11(14-9-16)5-6-13-3/h7,9-10,13H,4-6,8H2,1-3H3,(H,15,17). The van der Waals surface area contributed by atoms with E-state index in [9.17, 15) is 4.79 Å². The predicted octanol–water partition coefficient (Wildman–Crippen LogP) is 0.560. The Balaban J connectivity index is 2.40. The van der Waals surface area contributed by atoms with Gasteiger partial charge in [-0.2, -0.15) is 0 Å². The molecule has 0 saturated heterocycles. The van der Waals surface area contributed by atoms with Crippen LogP contribution in [-0.4, -0.2) is 35.1 Å². The number of aromatic nitrogens is 2. The molecule has 2 N–H and O–H groups in total. The second-order valence-corrected chi connectivity index (χ2v) is 4.27. The van der Waals surface area contributed by atoms with E-state index in [-0.39, 0.29) is 11.9 Å². The Morgan fingerprint density at radius 3 is 3.00 bits per heavy atom. The predicted molar refractivity (Wildman–Crippen MR) is 67.8 cm³/mol. The lowest BCUT2D eigenvalue weighted by atomic mass is 10.2. The van der Waals surface area contributed by atoms with Crippen molar-refractivity contribution in [3.63, 3.8) is 0 Å². The number of imidazole rings is 1. The Hall–Kier alpha value is -1.36. The van der Waals surface area contributed by atoms with Crippen molar-refractivity contribution >= 4 is 5.91 Å². The maximum absolute atomic E-state index is 11.6. The fourth-order valence-electron chi connectivity index (χ4n) is 1.46. The van der Waals surface area contributed by atoms with Crippen LogP contribution < -0.4 is 10.6 Å². The normalized spacial score (nSPS) is 12.4. The summed E-state index contributed by atoms with van der Waals surface area (Å²) in [5, 5.41) is 6.00. The zero-order chi connectivity index (χ0) is 12.7. The van der Waals surface area contributed by atoms with Gasteiger partial charge in [-0.1, -0.05) is 6.92 Å². The Labute approximate surface area is 103 Å². The van der Waals surface area contributed by atoms with Crippen LogP contribution in [0.15, 0.2) is 12.5 Å². The number of nitrogens with one attached hydrogen (secondary N) is 2. The Kier molecular flexibility index (Phi) is 5.69. The molecule has 96 valence electrons. The molecule has 0 radical (unpaired) electrons. The van der Waals surface area contributed by atoms with Crippen LogP contribution in [0.4, 0.5) is 0 Å². The summed E-state index contributed by atoms with van der Waals surface area (Å²) in [5.74, 6) is 0.0388. The van der Waals surface area contributed by atoms with Gasteiger partial charge in [-0.15, -0.1) is 0 Å². The molecule has 1 heterocycles. The van der Waals surface area contributed by atoms with Crippen LogP contribution in [0.25, 0.3) is 0 Å². The van der Waals surface area contributed by atoms with Gasteiger partial charge in [-0.3, -0.25) is 4.79 Å². The molecule has 17 heavy (non-hydrogen) atoms. The third-order valence-corrected chi connectivity index (χ3v) is 2.66. The van der Waals surface area contributed by atoms with Crippen LogP contribution in [0.5, 0.6) is 0 Å². The van der Waals surface area contributed by atoms with E-state index >= 15 is 0 Å². The smallest absolute Gasteiger partial charge is 0.240 e. The highest BCUT2D eigenvalue weighted by atomic mass is 16.2. The lowest BCUT2D eigenvalue weighted by Crippen LogP contribution is -2.34. The molecule has 5 nitrogen and oxygen atoms in total. The minimum absolute atomic E-state index is 0.0388. The maximum Gasteiger partial charge on any atom is 0.240 e. The summed E-state index contributed by atoms with van der Waals surface area (Å²) in [6.07, 6.45) is 5.47. The van der Waals surface area contributed by atoms with Gasteiger partial charge in [0.05, 0.1) is 12.0 Å². The van der Waals surface area contributed by atoms with Gasteiger partial charge in [-0.25, -0.2) is 4.98 Å². The van der Waals surface area contributed by atoms with Crippen LogP contribution in [0, 0.1) is 0 Å². The summed E-state index contributed by atoms with van der Waals surface area (Å²) in [5.41, 5.74) is 1.01. The van der Waals surface area contributed by atoms with Gasteiger partial charge in [0.15, 0.2) is 0 Å². The van der Waals surface area contributed by atoms with Gasteiger partial charge >= 0.3 is 0 Å². The molecule has 0 aliphatic rings. The number of rotatable bonds is 7. The SMILES string of the molecule is CCC(C)NC(=O)Cn1cnc(CCNC)c1. The van der Waals surface area contributed by atoms with Crippen LogP contribution in [0.1, 0.15) is 26.0 Å². The second kappa shape index (κ2) is 7.06. The third kappa shape index (κ3) is 4.99. The third-order valence-electron chi connectivity index (χ3n) is 2.66. The van der Waals surface area contributed by atoms with Crippen LogP contribution in [-0.2, 0) is 17.8 Å². The average molecular weight is 238 g/mol. The van der Waals surface area contributed by atoms with Crippen molar-refractivity contribution in [2.24, 2.45) is 0 Å². The Morgan fingerprint density at radius 2 is 2.35 bits per heavy atom. The summed E-state index contributed by atoms with van der Waals surface area (Å²) in [4.78, 5) is 15.9. The van der Waals surface area contributed by atoms with Crippen LogP contribution in [0.3, 0.4) is 0 Å². The van der Waals surface area contributed by atoms with E-state index < -0.39 is 0 Å². The maximum atomic E-state index is 11.6. The summed E-state index contributed by atoms with van der Waals surface area (Å²) in [6.45, 7) is 5.30.